The Morgan fingerprint density at radius 1 is 1.13 bits per heavy atom. The third-order valence-electron chi connectivity index (χ3n) is 6.68. The molecule has 1 saturated carbocycles. The van der Waals surface area contributed by atoms with Crippen molar-refractivity contribution in [2.24, 2.45) is 5.92 Å². The Balaban J connectivity index is 1.76. The molecule has 0 amide bonds. The minimum absolute atomic E-state index is 0.0710. The normalized spacial score (nSPS) is 26.9. The van der Waals surface area contributed by atoms with E-state index < -0.39 is 18.1 Å². The van der Waals surface area contributed by atoms with Gasteiger partial charge in [-0.2, -0.15) is 4.31 Å². The fraction of sp³-hybridized carbons (Fsp3) is 0.458. The lowest BCUT2D eigenvalue weighted by Crippen LogP contribution is -2.30. The van der Waals surface area contributed by atoms with Crippen LogP contribution in [0.4, 0.5) is 0 Å². The Hall–Kier alpha value is -1.80. The molecular weight excluding hydrogens is 426 g/mol. The Morgan fingerprint density at radius 3 is 2.42 bits per heavy atom. The van der Waals surface area contributed by atoms with Gasteiger partial charge in [0.15, 0.2) is 5.78 Å². The lowest BCUT2D eigenvalue weighted by atomic mass is 9.87. The fourth-order valence-corrected chi connectivity index (χ4v) is 8.16. The Bertz CT molecular complexity index is 1120. The molecule has 1 heterocycles. The minimum atomic E-state index is -3.60. The number of ketones is 1. The average Bonchev–Trinajstić information content (AvgIpc) is 3.24. The van der Waals surface area contributed by atoms with Crippen molar-refractivity contribution in [2.75, 3.05) is 19.7 Å². The van der Waals surface area contributed by atoms with E-state index in [0.29, 0.717) is 30.8 Å². The van der Waals surface area contributed by atoms with E-state index in [1.165, 1.54) is 0 Å². The van der Waals surface area contributed by atoms with Crippen molar-refractivity contribution in [3.8, 4) is 0 Å². The van der Waals surface area contributed by atoms with Gasteiger partial charge in [0.2, 0.25) is 10.0 Å². The predicted molar refractivity (Wildman–Crippen MR) is 125 cm³/mol. The topological polar surface area (TPSA) is 74.7 Å². The molecule has 1 fully saturated rings. The molecule has 1 aliphatic heterocycles. The van der Waals surface area contributed by atoms with Crippen molar-refractivity contribution in [1.82, 2.24) is 4.31 Å². The number of fused-ring (bicyclic) bond motifs is 1. The van der Waals surface area contributed by atoms with Crippen molar-refractivity contribution in [2.45, 2.75) is 50.7 Å². The molecule has 0 radical (unpaired) electrons. The second-order valence-electron chi connectivity index (χ2n) is 9.94. The third-order valence-corrected chi connectivity index (χ3v) is 10.6. The average molecular weight is 458 g/mol. The number of sulfonamides is 1. The summed E-state index contributed by atoms with van der Waals surface area (Å²) in [6.45, 7) is 9.14. The molecule has 1 aromatic rings. The molecule has 3 aliphatic rings. The van der Waals surface area contributed by atoms with E-state index in [0.717, 1.165) is 39.5 Å². The minimum Gasteiger partial charge on any atom is -0.392 e. The number of aliphatic hydroxyl groups excluding tert-OH is 1. The molecular formula is C24H31NO4SSi. The lowest BCUT2D eigenvalue weighted by Gasteiger charge is -2.28. The predicted octanol–water partition coefficient (Wildman–Crippen LogP) is 3.77. The zero-order valence-electron chi connectivity index (χ0n) is 18.7. The molecule has 0 bridgehead atoms. The third kappa shape index (κ3) is 4.04. The van der Waals surface area contributed by atoms with Gasteiger partial charge >= 0.3 is 0 Å². The summed E-state index contributed by atoms with van der Waals surface area (Å²) in [5.74, 6) is 0.214. The van der Waals surface area contributed by atoms with Crippen molar-refractivity contribution in [3.63, 3.8) is 0 Å². The Kier molecular flexibility index (Phi) is 5.75. The van der Waals surface area contributed by atoms with Gasteiger partial charge in [-0.15, -0.1) is 0 Å². The molecule has 2 aliphatic carbocycles. The van der Waals surface area contributed by atoms with Gasteiger partial charge in [-0.1, -0.05) is 48.6 Å². The van der Waals surface area contributed by atoms with Gasteiger partial charge in [-0.25, -0.2) is 8.42 Å². The van der Waals surface area contributed by atoms with Gasteiger partial charge in [-0.05, 0) is 54.5 Å². The van der Waals surface area contributed by atoms with Gasteiger partial charge in [0, 0.05) is 25.1 Å². The summed E-state index contributed by atoms with van der Waals surface area (Å²) in [6, 6.07) is 6.98. The quantitative estimate of drug-likeness (QED) is 0.699. The smallest absolute Gasteiger partial charge is 0.243 e. The van der Waals surface area contributed by atoms with E-state index in [1.54, 1.807) is 16.4 Å². The molecule has 0 spiro atoms. The standard InChI is InChI=1S/C24H31NO4SSi/c1-16-5-8-20(9-6-16)30(28,29)25-13-18-11-17-7-10-22(27)24(17)21(15-26)23(31(2,3)4)12-19(18)14-25/h5-6,8-9,12,17,26H,7,10-11,13-15H2,1-4H3/b23-12+,24-21+/t17-/m0/s1. The van der Waals surface area contributed by atoms with Crippen molar-refractivity contribution >= 4 is 23.9 Å². The number of hydrogen-bond donors (Lipinski definition) is 1. The number of Topliss-reactive ketones (excluding diaryl/α,β-unsaturated/α-hetero) is 1. The van der Waals surface area contributed by atoms with E-state index in [4.69, 9.17) is 0 Å². The highest BCUT2D eigenvalue weighted by Crippen LogP contribution is 2.43. The zero-order chi connectivity index (χ0) is 22.6. The first-order chi connectivity index (χ1) is 14.5. The molecule has 5 nitrogen and oxygen atoms in total. The van der Waals surface area contributed by atoms with E-state index >= 15 is 0 Å². The summed E-state index contributed by atoms with van der Waals surface area (Å²) >= 11 is 0. The highest BCUT2D eigenvalue weighted by atomic mass is 32.2. The maximum Gasteiger partial charge on any atom is 0.243 e. The highest BCUT2D eigenvalue weighted by Gasteiger charge is 2.40. The zero-order valence-corrected chi connectivity index (χ0v) is 20.6. The van der Waals surface area contributed by atoms with Crippen LogP contribution in [0.1, 0.15) is 24.8 Å². The summed E-state index contributed by atoms with van der Waals surface area (Å²) < 4.78 is 28.2. The van der Waals surface area contributed by atoms with Crippen molar-refractivity contribution < 1.29 is 18.3 Å². The van der Waals surface area contributed by atoms with Crippen LogP contribution >= 0.6 is 0 Å². The van der Waals surface area contributed by atoms with Crippen LogP contribution in [0.3, 0.4) is 0 Å². The fourth-order valence-electron chi connectivity index (χ4n) is 5.02. The molecule has 166 valence electrons. The largest absolute Gasteiger partial charge is 0.392 e. The van der Waals surface area contributed by atoms with Crippen LogP contribution in [0.5, 0.6) is 0 Å². The number of rotatable bonds is 4. The summed E-state index contributed by atoms with van der Waals surface area (Å²) in [6.07, 6.45) is 4.08. The van der Waals surface area contributed by atoms with Crippen molar-refractivity contribution in [1.29, 1.82) is 0 Å². The second kappa shape index (κ2) is 7.96. The number of allylic oxidation sites excluding steroid dienone is 1. The number of nitrogens with zero attached hydrogens (tertiary/aromatic N) is 1. The molecule has 1 atom stereocenters. The first-order valence-electron chi connectivity index (χ1n) is 10.9. The Labute approximate surface area is 186 Å². The number of aliphatic hydroxyl groups is 1. The number of carbonyl (C=O) groups excluding carboxylic acids is 1. The summed E-state index contributed by atoms with van der Waals surface area (Å²) in [5.41, 5.74) is 4.77. The van der Waals surface area contributed by atoms with Crippen LogP contribution in [-0.2, 0) is 14.8 Å². The van der Waals surface area contributed by atoms with Crippen LogP contribution in [-0.4, -0.2) is 51.4 Å². The van der Waals surface area contributed by atoms with E-state index in [9.17, 15) is 18.3 Å². The maximum absolute atomic E-state index is 13.3. The second-order valence-corrected chi connectivity index (χ2v) is 16.9. The van der Waals surface area contributed by atoms with Crippen molar-refractivity contribution in [3.05, 3.63) is 63.4 Å². The molecule has 1 aromatic carbocycles. The van der Waals surface area contributed by atoms with Gasteiger partial charge in [-0.3, -0.25) is 4.79 Å². The van der Waals surface area contributed by atoms with Crippen LogP contribution in [0, 0.1) is 12.8 Å². The summed E-state index contributed by atoms with van der Waals surface area (Å²) in [4.78, 5) is 13.1. The summed E-state index contributed by atoms with van der Waals surface area (Å²) in [5, 5.41) is 11.3. The van der Waals surface area contributed by atoms with Gasteiger partial charge in [0.25, 0.3) is 0 Å². The molecule has 31 heavy (non-hydrogen) atoms. The lowest BCUT2D eigenvalue weighted by molar-refractivity contribution is -0.114. The van der Waals surface area contributed by atoms with E-state index in [1.807, 2.05) is 19.1 Å². The number of carbonyl (C=O) groups is 1. The maximum atomic E-state index is 13.3. The molecule has 4 rings (SSSR count). The van der Waals surface area contributed by atoms with Gasteiger partial charge in [0.1, 0.15) is 0 Å². The first kappa shape index (κ1) is 22.4. The summed E-state index contributed by atoms with van der Waals surface area (Å²) in [7, 11) is -5.49. The number of hydrogen-bond acceptors (Lipinski definition) is 4. The molecule has 7 heteroatoms. The van der Waals surface area contributed by atoms with Gasteiger partial charge in [0.05, 0.1) is 19.6 Å². The number of aryl methyl sites for hydroxylation is 1. The Morgan fingerprint density at radius 2 is 1.81 bits per heavy atom. The highest BCUT2D eigenvalue weighted by molar-refractivity contribution is 7.89. The van der Waals surface area contributed by atoms with Crippen LogP contribution < -0.4 is 0 Å². The number of benzene rings is 1. The molecule has 1 N–H and O–H groups in total. The molecule has 0 saturated heterocycles. The van der Waals surface area contributed by atoms with Crippen LogP contribution in [0.2, 0.25) is 19.6 Å². The monoisotopic (exact) mass is 457 g/mol. The van der Waals surface area contributed by atoms with Crippen LogP contribution in [0.15, 0.2) is 62.7 Å². The molecule has 0 unspecified atom stereocenters. The first-order valence-corrected chi connectivity index (χ1v) is 15.8. The SMILES string of the molecule is Cc1ccc(S(=O)(=O)N2CC3=C(C[C@@H]4CCC(=O)/C4=C(CO)/C([Si](C)(C)C)=C\3)C2)cc1. The molecule has 0 aromatic heterocycles. The van der Waals surface area contributed by atoms with E-state index in [2.05, 4.69) is 25.7 Å². The van der Waals surface area contributed by atoms with E-state index in [-0.39, 0.29) is 18.3 Å². The van der Waals surface area contributed by atoms with Crippen LogP contribution in [0.25, 0.3) is 0 Å². The van der Waals surface area contributed by atoms with Gasteiger partial charge < -0.3 is 5.11 Å².